The van der Waals surface area contributed by atoms with Crippen molar-refractivity contribution in [1.29, 1.82) is 0 Å². The minimum atomic E-state index is 0.116. The van der Waals surface area contributed by atoms with Crippen molar-refractivity contribution in [3.05, 3.63) is 0 Å². The van der Waals surface area contributed by atoms with Crippen LogP contribution in [-0.4, -0.2) is 18.2 Å². The average Bonchev–Trinajstić information content (AvgIpc) is 2.27. The predicted molar refractivity (Wildman–Crippen MR) is 53.5 cm³/mol. The summed E-state index contributed by atoms with van der Waals surface area (Å²) in [6.45, 7) is 5.53. The van der Waals surface area contributed by atoms with Crippen LogP contribution in [-0.2, 0) is 4.74 Å². The Balaban J connectivity index is 2.18. The van der Waals surface area contributed by atoms with E-state index >= 15 is 0 Å². The van der Waals surface area contributed by atoms with Crippen LogP contribution in [0.25, 0.3) is 0 Å². The van der Waals surface area contributed by atoms with Crippen LogP contribution in [0.1, 0.15) is 46.0 Å². The minimum absolute atomic E-state index is 0.116. The van der Waals surface area contributed by atoms with Gasteiger partial charge in [0.2, 0.25) is 0 Å². The van der Waals surface area contributed by atoms with Crippen LogP contribution in [0.4, 0.5) is 0 Å². The lowest BCUT2D eigenvalue weighted by Crippen LogP contribution is -2.51. The molecule has 0 radical (unpaired) electrons. The summed E-state index contributed by atoms with van der Waals surface area (Å²) in [5, 5.41) is 0. The Morgan fingerprint density at radius 2 is 2.08 bits per heavy atom. The third-order valence-electron chi connectivity index (χ3n) is 4.07. The van der Waals surface area contributed by atoms with E-state index in [9.17, 15) is 0 Å². The molecule has 1 aliphatic carbocycles. The number of nitrogens with two attached hydrogens (primary N) is 1. The Bertz CT molecular complexity index is 202. The molecule has 1 saturated heterocycles. The second-order valence-corrected chi connectivity index (χ2v) is 5.33. The van der Waals surface area contributed by atoms with Crippen molar-refractivity contribution < 1.29 is 4.74 Å². The lowest BCUT2D eigenvalue weighted by Gasteiger charge is -2.46. The topological polar surface area (TPSA) is 35.2 Å². The van der Waals surface area contributed by atoms with Gasteiger partial charge in [-0.1, -0.05) is 13.8 Å². The summed E-state index contributed by atoms with van der Waals surface area (Å²) in [6, 6.07) is 0.367. The Hall–Kier alpha value is -0.0800. The van der Waals surface area contributed by atoms with Crippen LogP contribution in [0, 0.1) is 5.41 Å². The third kappa shape index (κ3) is 1.40. The van der Waals surface area contributed by atoms with E-state index in [4.69, 9.17) is 10.5 Å². The Labute approximate surface area is 80.8 Å². The molecule has 2 unspecified atom stereocenters. The van der Waals surface area contributed by atoms with E-state index in [1.165, 1.54) is 19.3 Å². The highest BCUT2D eigenvalue weighted by Crippen LogP contribution is 2.52. The summed E-state index contributed by atoms with van der Waals surface area (Å²) in [5.74, 6) is 0. The molecule has 1 spiro atoms. The molecule has 13 heavy (non-hydrogen) atoms. The monoisotopic (exact) mass is 183 g/mol. The number of rotatable bonds is 0. The Morgan fingerprint density at radius 1 is 1.31 bits per heavy atom. The Morgan fingerprint density at radius 3 is 2.62 bits per heavy atom. The summed E-state index contributed by atoms with van der Waals surface area (Å²) in [6.07, 6.45) is 5.92. The molecular weight excluding hydrogens is 162 g/mol. The van der Waals surface area contributed by atoms with Crippen LogP contribution >= 0.6 is 0 Å². The second-order valence-electron chi connectivity index (χ2n) is 5.33. The number of hydrogen-bond acceptors (Lipinski definition) is 2. The van der Waals surface area contributed by atoms with Crippen molar-refractivity contribution in [3.8, 4) is 0 Å². The first-order chi connectivity index (χ1) is 6.06. The van der Waals surface area contributed by atoms with Crippen molar-refractivity contribution in [2.45, 2.75) is 57.6 Å². The van der Waals surface area contributed by atoms with Crippen molar-refractivity contribution in [2.75, 3.05) is 6.61 Å². The predicted octanol–water partition coefficient (Wildman–Crippen LogP) is 2.07. The number of ether oxygens (including phenoxy) is 1. The van der Waals surface area contributed by atoms with Gasteiger partial charge in [-0.15, -0.1) is 0 Å². The molecule has 76 valence electrons. The maximum Gasteiger partial charge on any atom is 0.0747 e. The quantitative estimate of drug-likeness (QED) is 0.624. The van der Waals surface area contributed by atoms with Gasteiger partial charge >= 0.3 is 0 Å². The van der Waals surface area contributed by atoms with Gasteiger partial charge in [0, 0.05) is 12.6 Å². The zero-order chi connectivity index (χ0) is 9.53. The highest BCUT2D eigenvalue weighted by Gasteiger charge is 2.51. The van der Waals surface area contributed by atoms with Crippen LogP contribution in [0.5, 0.6) is 0 Å². The molecule has 2 nitrogen and oxygen atoms in total. The van der Waals surface area contributed by atoms with Crippen molar-refractivity contribution in [1.82, 2.24) is 0 Å². The molecule has 2 N–H and O–H groups in total. The van der Waals surface area contributed by atoms with Gasteiger partial charge < -0.3 is 10.5 Å². The molecule has 1 aliphatic heterocycles. The highest BCUT2D eigenvalue weighted by atomic mass is 16.5. The third-order valence-corrected chi connectivity index (χ3v) is 4.07. The molecule has 2 atom stereocenters. The fraction of sp³-hybridized carbons (Fsp3) is 1.00. The summed E-state index contributed by atoms with van der Waals surface area (Å²) < 4.78 is 6.03. The van der Waals surface area contributed by atoms with Gasteiger partial charge in [0.15, 0.2) is 0 Å². The van der Waals surface area contributed by atoms with Gasteiger partial charge in [-0.25, -0.2) is 0 Å². The Kier molecular flexibility index (Phi) is 2.16. The molecule has 0 bridgehead atoms. The van der Waals surface area contributed by atoms with Crippen LogP contribution in [0.3, 0.4) is 0 Å². The lowest BCUT2D eigenvalue weighted by molar-refractivity contribution is -0.137. The fourth-order valence-electron chi connectivity index (χ4n) is 3.02. The second kappa shape index (κ2) is 2.96. The van der Waals surface area contributed by atoms with E-state index in [-0.39, 0.29) is 5.60 Å². The molecule has 2 fully saturated rings. The average molecular weight is 183 g/mol. The van der Waals surface area contributed by atoms with Crippen LogP contribution < -0.4 is 5.73 Å². The van der Waals surface area contributed by atoms with E-state index in [0.717, 1.165) is 19.4 Å². The summed E-state index contributed by atoms with van der Waals surface area (Å²) in [7, 11) is 0. The zero-order valence-corrected chi connectivity index (χ0v) is 8.81. The first-order valence-electron chi connectivity index (χ1n) is 5.45. The molecule has 0 aromatic carbocycles. The maximum atomic E-state index is 6.03. The van der Waals surface area contributed by atoms with Crippen LogP contribution in [0.15, 0.2) is 0 Å². The molecule has 1 heterocycles. The molecule has 2 aliphatic rings. The smallest absolute Gasteiger partial charge is 0.0747 e. The molecular formula is C11H21NO. The van der Waals surface area contributed by atoms with Crippen molar-refractivity contribution >= 4 is 0 Å². The molecule has 1 saturated carbocycles. The van der Waals surface area contributed by atoms with E-state index in [2.05, 4.69) is 13.8 Å². The van der Waals surface area contributed by atoms with Gasteiger partial charge in [0.05, 0.1) is 5.60 Å². The number of hydrogen-bond donors (Lipinski definition) is 1. The van der Waals surface area contributed by atoms with Crippen LogP contribution in [0.2, 0.25) is 0 Å². The van der Waals surface area contributed by atoms with E-state index in [1.807, 2.05) is 0 Å². The largest absolute Gasteiger partial charge is 0.374 e. The van der Waals surface area contributed by atoms with Gasteiger partial charge in [0.25, 0.3) is 0 Å². The van der Waals surface area contributed by atoms with E-state index < -0.39 is 0 Å². The van der Waals surface area contributed by atoms with Crippen molar-refractivity contribution in [2.24, 2.45) is 11.1 Å². The molecule has 0 aromatic heterocycles. The van der Waals surface area contributed by atoms with Gasteiger partial charge in [-0.05, 0) is 37.5 Å². The molecule has 0 amide bonds. The summed E-state index contributed by atoms with van der Waals surface area (Å²) >= 11 is 0. The van der Waals surface area contributed by atoms with E-state index in [1.54, 1.807) is 0 Å². The van der Waals surface area contributed by atoms with Gasteiger partial charge in [-0.2, -0.15) is 0 Å². The van der Waals surface area contributed by atoms with Crippen molar-refractivity contribution in [3.63, 3.8) is 0 Å². The molecule has 2 rings (SSSR count). The fourth-order valence-corrected chi connectivity index (χ4v) is 3.02. The SMILES string of the molecule is CC1(C)CCCC12CC(N)CCO2. The summed E-state index contributed by atoms with van der Waals surface area (Å²) in [5.41, 5.74) is 6.48. The highest BCUT2D eigenvalue weighted by molar-refractivity contribution is 5.03. The minimum Gasteiger partial charge on any atom is -0.374 e. The first kappa shape index (κ1) is 9.47. The van der Waals surface area contributed by atoms with E-state index in [0.29, 0.717) is 11.5 Å². The zero-order valence-electron chi connectivity index (χ0n) is 8.81. The lowest BCUT2D eigenvalue weighted by atomic mass is 9.72. The molecule has 0 aromatic rings. The maximum absolute atomic E-state index is 6.03. The molecule has 2 heteroatoms. The first-order valence-corrected chi connectivity index (χ1v) is 5.45. The van der Waals surface area contributed by atoms with Gasteiger partial charge in [0.1, 0.15) is 0 Å². The normalized spacial score (nSPS) is 44.1. The summed E-state index contributed by atoms with van der Waals surface area (Å²) in [4.78, 5) is 0. The standard InChI is InChI=1S/C11H21NO/c1-10(2)5-3-6-11(10)8-9(12)4-7-13-11/h9H,3-8,12H2,1-2H3. The van der Waals surface area contributed by atoms with Gasteiger partial charge in [-0.3, -0.25) is 0 Å².